The Labute approximate surface area is 152 Å². The van der Waals surface area contributed by atoms with Gasteiger partial charge in [-0.3, -0.25) is 0 Å². The Morgan fingerprint density at radius 1 is 1.40 bits per heavy atom. The predicted octanol–water partition coefficient (Wildman–Crippen LogP) is 4.07. The molecule has 4 rings (SSSR count). The minimum absolute atomic E-state index is 0.0829. The van der Waals surface area contributed by atoms with Crippen LogP contribution in [-0.4, -0.2) is 28.3 Å². The molecule has 4 heterocycles. The number of nitrogens with one attached hydrogen (secondary N) is 1. The van der Waals surface area contributed by atoms with Crippen LogP contribution >= 0.6 is 22.7 Å². The minimum Gasteiger partial charge on any atom is -0.461 e. The molecule has 0 amide bonds. The number of carbonyl (C=O) groups is 1. The largest absolute Gasteiger partial charge is 0.461 e. The number of thiophene rings is 1. The zero-order valence-electron chi connectivity index (χ0n) is 13.5. The second kappa shape index (κ2) is 6.81. The van der Waals surface area contributed by atoms with E-state index in [-0.39, 0.29) is 6.04 Å². The fourth-order valence-electron chi connectivity index (χ4n) is 2.73. The SMILES string of the molecule is CCOC(=O)c1csc(N2N=C(c3ccc[nH]3)CC2c2cccs2)n1. The first-order chi connectivity index (χ1) is 12.3. The quantitative estimate of drug-likeness (QED) is 0.686. The van der Waals surface area contributed by atoms with E-state index in [2.05, 4.69) is 21.4 Å². The molecule has 6 nitrogen and oxygen atoms in total. The van der Waals surface area contributed by atoms with Gasteiger partial charge in [-0.15, -0.1) is 22.7 Å². The van der Waals surface area contributed by atoms with Gasteiger partial charge in [-0.1, -0.05) is 6.07 Å². The molecule has 1 atom stereocenters. The number of nitrogens with zero attached hydrogens (tertiary/aromatic N) is 3. The molecular formula is C17H16N4O2S2. The summed E-state index contributed by atoms with van der Waals surface area (Å²) in [5.74, 6) is -0.398. The monoisotopic (exact) mass is 372 g/mol. The Balaban J connectivity index is 1.67. The molecule has 0 spiro atoms. The van der Waals surface area contributed by atoms with Crippen LogP contribution in [0.3, 0.4) is 0 Å². The van der Waals surface area contributed by atoms with E-state index in [0.717, 1.165) is 17.8 Å². The van der Waals surface area contributed by atoms with Crippen LogP contribution in [0.15, 0.2) is 46.3 Å². The van der Waals surface area contributed by atoms with Gasteiger partial charge in [-0.05, 0) is 30.5 Å². The van der Waals surface area contributed by atoms with Gasteiger partial charge < -0.3 is 9.72 Å². The summed E-state index contributed by atoms with van der Waals surface area (Å²) >= 11 is 3.10. The lowest BCUT2D eigenvalue weighted by molar-refractivity contribution is 0.0520. The number of ether oxygens (including phenoxy) is 1. The van der Waals surface area contributed by atoms with Crippen molar-refractivity contribution in [3.05, 3.63) is 57.5 Å². The Bertz CT molecular complexity index is 884. The maximum atomic E-state index is 11.9. The lowest BCUT2D eigenvalue weighted by atomic mass is 10.1. The van der Waals surface area contributed by atoms with E-state index in [9.17, 15) is 4.79 Å². The van der Waals surface area contributed by atoms with Crippen LogP contribution in [0.5, 0.6) is 0 Å². The van der Waals surface area contributed by atoms with Crippen LogP contribution in [0, 0.1) is 0 Å². The highest BCUT2D eigenvalue weighted by Gasteiger charge is 2.33. The smallest absolute Gasteiger partial charge is 0.357 e. The molecule has 0 aliphatic carbocycles. The summed E-state index contributed by atoms with van der Waals surface area (Å²) < 4.78 is 5.03. The van der Waals surface area contributed by atoms with E-state index in [1.54, 1.807) is 23.6 Å². The first-order valence-corrected chi connectivity index (χ1v) is 9.68. The average Bonchev–Trinajstić information content (AvgIpc) is 3.42. The summed E-state index contributed by atoms with van der Waals surface area (Å²) in [6.07, 6.45) is 2.68. The van der Waals surface area contributed by atoms with Crippen LogP contribution < -0.4 is 5.01 Å². The normalized spacial score (nSPS) is 16.9. The Hall–Kier alpha value is -2.45. The molecule has 1 aliphatic heterocycles. The molecule has 0 fully saturated rings. The summed E-state index contributed by atoms with van der Waals surface area (Å²) in [4.78, 5) is 20.8. The summed E-state index contributed by atoms with van der Waals surface area (Å²) in [7, 11) is 0. The lowest BCUT2D eigenvalue weighted by Crippen LogP contribution is -2.17. The van der Waals surface area contributed by atoms with Crippen molar-refractivity contribution in [1.29, 1.82) is 0 Å². The van der Waals surface area contributed by atoms with Crippen molar-refractivity contribution < 1.29 is 9.53 Å². The number of hydrazone groups is 1. The summed E-state index contributed by atoms with van der Waals surface area (Å²) in [6, 6.07) is 8.20. The highest BCUT2D eigenvalue weighted by Crippen LogP contribution is 2.39. The van der Waals surface area contributed by atoms with Crippen LogP contribution in [0.4, 0.5) is 5.13 Å². The van der Waals surface area contributed by atoms with Gasteiger partial charge in [-0.25, -0.2) is 14.8 Å². The second-order valence-corrected chi connectivity index (χ2v) is 7.26. The van der Waals surface area contributed by atoms with Crippen molar-refractivity contribution in [3.63, 3.8) is 0 Å². The number of aromatic nitrogens is 2. The molecule has 0 radical (unpaired) electrons. The number of H-pyrrole nitrogens is 1. The molecule has 1 aliphatic rings. The molecule has 3 aromatic heterocycles. The second-order valence-electron chi connectivity index (χ2n) is 5.45. The van der Waals surface area contributed by atoms with Gasteiger partial charge in [0.05, 0.1) is 24.1 Å². The zero-order valence-corrected chi connectivity index (χ0v) is 15.1. The van der Waals surface area contributed by atoms with E-state index < -0.39 is 5.97 Å². The number of esters is 1. The van der Waals surface area contributed by atoms with Crippen molar-refractivity contribution in [2.45, 2.75) is 19.4 Å². The fraction of sp³-hybridized carbons (Fsp3) is 0.235. The lowest BCUT2D eigenvalue weighted by Gasteiger charge is -2.19. The first-order valence-electron chi connectivity index (χ1n) is 7.92. The third-order valence-corrected chi connectivity index (χ3v) is 5.67. The Morgan fingerprint density at radius 2 is 2.32 bits per heavy atom. The van der Waals surface area contributed by atoms with Gasteiger partial charge in [-0.2, -0.15) is 5.10 Å². The number of hydrogen-bond acceptors (Lipinski definition) is 7. The van der Waals surface area contributed by atoms with Gasteiger partial charge >= 0.3 is 5.97 Å². The van der Waals surface area contributed by atoms with E-state index >= 15 is 0 Å². The Morgan fingerprint density at radius 3 is 3.04 bits per heavy atom. The van der Waals surface area contributed by atoms with Crippen molar-refractivity contribution >= 4 is 39.5 Å². The fourth-order valence-corrected chi connectivity index (χ4v) is 4.33. The molecule has 1 unspecified atom stereocenters. The van der Waals surface area contributed by atoms with Crippen LogP contribution in [0.25, 0.3) is 0 Å². The third kappa shape index (κ3) is 3.10. The van der Waals surface area contributed by atoms with E-state index in [0.29, 0.717) is 17.4 Å². The highest BCUT2D eigenvalue weighted by atomic mass is 32.1. The summed E-state index contributed by atoms with van der Waals surface area (Å²) in [5.41, 5.74) is 2.32. The van der Waals surface area contributed by atoms with Crippen molar-refractivity contribution in [2.75, 3.05) is 11.6 Å². The molecule has 1 N–H and O–H groups in total. The molecule has 0 saturated heterocycles. The molecule has 0 aromatic carbocycles. The zero-order chi connectivity index (χ0) is 17.2. The van der Waals surface area contributed by atoms with Gasteiger partial charge in [0.2, 0.25) is 5.13 Å². The van der Waals surface area contributed by atoms with Crippen molar-refractivity contribution in [3.8, 4) is 0 Å². The number of thiazole rings is 1. The van der Waals surface area contributed by atoms with Gasteiger partial charge in [0, 0.05) is 22.9 Å². The van der Waals surface area contributed by atoms with Crippen LogP contribution in [-0.2, 0) is 4.74 Å². The van der Waals surface area contributed by atoms with Gasteiger partial charge in [0.15, 0.2) is 5.69 Å². The molecule has 3 aromatic rings. The number of aromatic amines is 1. The first kappa shape index (κ1) is 16.0. The molecule has 0 bridgehead atoms. The minimum atomic E-state index is -0.398. The Kier molecular flexibility index (Phi) is 4.37. The number of rotatable bonds is 5. The van der Waals surface area contributed by atoms with Crippen molar-refractivity contribution in [1.82, 2.24) is 9.97 Å². The average molecular weight is 372 g/mol. The maximum absolute atomic E-state index is 11.9. The summed E-state index contributed by atoms with van der Waals surface area (Å²) in [5, 5.41) is 11.2. The molecule has 25 heavy (non-hydrogen) atoms. The molecular weight excluding hydrogens is 356 g/mol. The predicted molar refractivity (Wildman–Crippen MR) is 99.6 cm³/mol. The standard InChI is InChI=1S/C17H16N4O2S2/c1-2-23-16(22)13-10-25-17(19-13)21-14(15-6-4-8-24-15)9-12(20-21)11-5-3-7-18-11/h3-8,10,14,18H,2,9H2,1H3. The van der Waals surface area contributed by atoms with E-state index in [1.165, 1.54) is 16.2 Å². The molecule has 128 valence electrons. The number of carbonyl (C=O) groups excluding carboxylic acids is 1. The third-order valence-electron chi connectivity index (χ3n) is 3.86. The van der Waals surface area contributed by atoms with Gasteiger partial charge in [0.1, 0.15) is 0 Å². The highest BCUT2D eigenvalue weighted by molar-refractivity contribution is 7.14. The van der Waals surface area contributed by atoms with Crippen LogP contribution in [0.1, 0.15) is 40.4 Å². The molecule has 8 heteroatoms. The van der Waals surface area contributed by atoms with Gasteiger partial charge in [0.25, 0.3) is 0 Å². The number of hydrogen-bond donors (Lipinski definition) is 1. The van der Waals surface area contributed by atoms with Crippen molar-refractivity contribution in [2.24, 2.45) is 5.10 Å². The van der Waals surface area contributed by atoms with E-state index in [4.69, 9.17) is 9.84 Å². The molecule has 0 saturated carbocycles. The topological polar surface area (TPSA) is 70.6 Å². The summed E-state index contributed by atoms with van der Waals surface area (Å²) in [6.45, 7) is 2.12. The number of anilines is 1. The van der Waals surface area contributed by atoms with E-state index in [1.807, 2.05) is 29.4 Å². The van der Waals surface area contributed by atoms with Crippen LogP contribution in [0.2, 0.25) is 0 Å². The maximum Gasteiger partial charge on any atom is 0.357 e.